The van der Waals surface area contributed by atoms with Gasteiger partial charge < -0.3 is 15.0 Å². The van der Waals surface area contributed by atoms with E-state index in [0.717, 1.165) is 12.4 Å². The van der Waals surface area contributed by atoms with Crippen molar-refractivity contribution in [3.63, 3.8) is 0 Å². The molecule has 1 N–H and O–H groups in total. The summed E-state index contributed by atoms with van der Waals surface area (Å²) in [6.45, 7) is 6.04. The molecule has 1 amide bonds. The van der Waals surface area contributed by atoms with Gasteiger partial charge in [-0.05, 0) is 18.1 Å². The third kappa shape index (κ3) is 4.87. The van der Waals surface area contributed by atoms with Gasteiger partial charge in [-0.15, -0.1) is 0 Å². The Balaban J connectivity index is 2.78. The third-order valence-corrected chi connectivity index (χ3v) is 2.70. The number of ether oxygens (including phenoxy) is 1. The van der Waals surface area contributed by atoms with E-state index in [1.54, 1.807) is 32.5 Å². The van der Waals surface area contributed by atoms with E-state index in [4.69, 9.17) is 4.74 Å². The van der Waals surface area contributed by atoms with Crippen LogP contribution in [0.2, 0.25) is 0 Å². The summed E-state index contributed by atoms with van der Waals surface area (Å²) in [7, 11) is 3.44. The molecule has 0 saturated carbocycles. The number of carbonyl (C=O) groups excluding carboxylic acids is 1. The lowest BCUT2D eigenvalue weighted by Crippen LogP contribution is -2.36. The molecule has 0 aliphatic rings. The molecule has 0 atom stereocenters. The van der Waals surface area contributed by atoms with Gasteiger partial charge in [0.05, 0.1) is 12.2 Å². The fourth-order valence-corrected chi connectivity index (χ4v) is 1.77. The first-order chi connectivity index (χ1) is 9.08. The van der Waals surface area contributed by atoms with Crippen LogP contribution in [0.5, 0.6) is 0 Å². The summed E-state index contributed by atoms with van der Waals surface area (Å²) in [5, 5.41) is 2.93. The molecular weight excluding hydrogens is 242 g/mol. The fourth-order valence-electron chi connectivity index (χ4n) is 1.77. The highest BCUT2D eigenvalue weighted by atomic mass is 16.5. The summed E-state index contributed by atoms with van der Waals surface area (Å²) in [6.07, 6.45) is 1.61. The van der Waals surface area contributed by atoms with Crippen LogP contribution in [-0.4, -0.2) is 49.6 Å². The normalized spacial score (nSPS) is 10.6. The van der Waals surface area contributed by atoms with E-state index in [2.05, 4.69) is 24.1 Å². The lowest BCUT2D eigenvalue weighted by atomic mass is 10.1. The zero-order chi connectivity index (χ0) is 14.3. The zero-order valence-corrected chi connectivity index (χ0v) is 12.1. The predicted molar refractivity (Wildman–Crippen MR) is 76.4 cm³/mol. The first-order valence-corrected chi connectivity index (χ1v) is 6.50. The standard InChI is InChI=1S/C14H23N3O2/c1-11(2)10-17(7-8-19-4)14(18)12-5-6-13(15-3)16-9-12/h5-6,9,11H,7-8,10H2,1-4H3,(H,15,16). The van der Waals surface area contributed by atoms with Crippen LogP contribution in [0.1, 0.15) is 24.2 Å². The van der Waals surface area contributed by atoms with Gasteiger partial charge >= 0.3 is 0 Å². The van der Waals surface area contributed by atoms with E-state index < -0.39 is 0 Å². The Morgan fingerprint density at radius 3 is 2.68 bits per heavy atom. The lowest BCUT2D eigenvalue weighted by molar-refractivity contribution is 0.0672. The van der Waals surface area contributed by atoms with Crippen molar-refractivity contribution < 1.29 is 9.53 Å². The quantitative estimate of drug-likeness (QED) is 0.817. The maximum Gasteiger partial charge on any atom is 0.255 e. The third-order valence-electron chi connectivity index (χ3n) is 2.70. The molecule has 0 aliphatic heterocycles. The minimum absolute atomic E-state index is 0.000836. The van der Waals surface area contributed by atoms with E-state index >= 15 is 0 Å². The van der Waals surface area contributed by atoms with Crippen LogP contribution in [0, 0.1) is 5.92 Å². The second kappa shape index (κ2) is 7.74. The highest BCUT2D eigenvalue weighted by Gasteiger charge is 2.16. The Hall–Kier alpha value is -1.62. The molecule has 5 nitrogen and oxygen atoms in total. The molecule has 1 rings (SSSR count). The summed E-state index contributed by atoms with van der Waals surface area (Å²) >= 11 is 0. The molecule has 0 aliphatic carbocycles. The minimum atomic E-state index is 0.000836. The van der Waals surface area contributed by atoms with Gasteiger partial charge in [-0.25, -0.2) is 4.98 Å². The maximum atomic E-state index is 12.4. The number of anilines is 1. The van der Waals surface area contributed by atoms with Crippen LogP contribution in [-0.2, 0) is 4.74 Å². The number of carbonyl (C=O) groups is 1. The smallest absolute Gasteiger partial charge is 0.255 e. The van der Waals surface area contributed by atoms with Gasteiger partial charge in [0.15, 0.2) is 0 Å². The van der Waals surface area contributed by atoms with Crippen LogP contribution in [0.4, 0.5) is 5.82 Å². The average Bonchev–Trinajstić information content (AvgIpc) is 2.42. The van der Waals surface area contributed by atoms with Crippen molar-refractivity contribution in [2.45, 2.75) is 13.8 Å². The SMILES string of the molecule is CNc1ccc(C(=O)N(CCOC)CC(C)C)cn1. The number of methoxy groups -OCH3 is 1. The van der Waals surface area contributed by atoms with Crippen molar-refractivity contribution in [1.29, 1.82) is 0 Å². The number of hydrogen-bond donors (Lipinski definition) is 1. The number of amides is 1. The second-order valence-corrected chi connectivity index (χ2v) is 4.82. The van der Waals surface area contributed by atoms with E-state index in [0.29, 0.717) is 24.6 Å². The number of pyridine rings is 1. The first-order valence-electron chi connectivity index (χ1n) is 6.50. The van der Waals surface area contributed by atoms with Crippen LogP contribution < -0.4 is 5.32 Å². The van der Waals surface area contributed by atoms with Crippen molar-refractivity contribution in [1.82, 2.24) is 9.88 Å². The van der Waals surface area contributed by atoms with Gasteiger partial charge in [-0.2, -0.15) is 0 Å². The molecule has 0 unspecified atom stereocenters. The molecular formula is C14H23N3O2. The van der Waals surface area contributed by atoms with Crippen molar-refractivity contribution in [3.8, 4) is 0 Å². The van der Waals surface area contributed by atoms with Crippen LogP contribution in [0.15, 0.2) is 18.3 Å². The van der Waals surface area contributed by atoms with Crippen molar-refractivity contribution in [3.05, 3.63) is 23.9 Å². The van der Waals surface area contributed by atoms with Crippen molar-refractivity contribution in [2.75, 3.05) is 39.2 Å². The molecule has 0 radical (unpaired) electrons. The Kier molecular flexibility index (Phi) is 6.29. The number of hydrogen-bond acceptors (Lipinski definition) is 4. The molecule has 0 spiro atoms. The molecule has 19 heavy (non-hydrogen) atoms. The predicted octanol–water partition coefficient (Wildman–Crippen LogP) is 1.87. The Morgan fingerprint density at radius 2 is 2.21 bits per heavy atom. The van der Waals surface area contributed by atoms with Crippen LogP contribution >= 0.6 is 0 Å². The summed E-state index contributed by atoms with van der Waals surface area (Å²) in [5.41, 5.74) is 0.607. The number of nitrogens with one attached hydrogen (secondary N) is 1. The molecule has 5 heteroatoms. The summed E-state index contributed by atoms with van der Waals surface area (Å²) in [6, 6.07) is 3.60. The number of rotatable bonds is 7. The molecule has 1 heterocycles. The first kappa shape index (κ1) is 15.4. The second-order valence-electron chi connectivity index (χ2n) is 4.82. The Labute approximate surface area is 115 Å². The highest BCUT2D eigenvalue weighted by Crippen LogP contribution is 2.09. The fraction of sp³-hybridized carbons (Fsp3) is 0.571. The van der Waals surface area contributed by atoms with Gasteiger partial charge in [-0.3, -0.25) is 4.79 Å². The Bertz CT molecular complexity index is 390. The largest absolute Gasteiger partial charge is 0.383 e. The van der Waals surface area contributed by atoms with E-state index in [1.807, 2.05) is 4.90 Å². The Morgan fingerprint density at radius 1 is 1.47 bits per heavy atom. The molecule has 0 fully saturated rings. The number of nitrogens with zero attached hydrogens (tertiary/aromatic N) is 2. The van der Waals surface area contributed by atoms with Crippen molar-refractivity contribution in [2.24, 2.45) is 5.92 Å². The van der Waals surface area contributed by atoms with Gasteiger partial charge in [0.1, 0.15) is 5.82 Å². The summed E-state index contributed by atoms with van der Waals surface area (Å²) in [5.74, 6) is 1.18. The van der Waals surface area contributed by atoms with E-state index in [9.17, 15) is 4.79 Å². The molecule has 0 bridgehead atoms. The minimum Gasteiger partial charge on any atom is -0.383 e. The lowest BCUT2D eigenvalue weighted by Gasteiger charge is -2.24. The molecule has 1 aromatic rings. The van der Waals surface area contributed by atoms with Crippen LogP contribution in [0.25, 0.3) is 0 Å². The summed E-state index contributed by atoms with van der Waals surface area (Å²) in [4.78, 5) is 18.4. The van der Waals surface area contributed by atoms with E-state index in [1.165, 1.54) is 0 Å². The monoisotopic (exact) mass is 265 g/mol. The topological polar surface area (TPSA) is 54.5 Å². The zero-order valence-electron chi connectivity index (χ0n) is 12.1. The molecule has 106 valence electrons. The number of aromatic nitrogens is 1. The van der Waals surface area contributed by atoms with Crippen molar-refractivity contribution >= 4 is 11.7 Å². The van der Waals surface area contributed by atoms with Gasteiger partial charge in [0.2, 0.25) is 0 Å². The van der Waals surface area contributed by atoms with E-state index in [-0.39, 0.29) is 5.91 Å². The summed E-state index contributed by atoms with van der Waals surface area (Å²) < 4.78 is 5.06. The molecule has 0 aromatic carbocycles. The molecule has 1 aromatic heterocycles. The van der Waals surface area contributed by atoms with Gasteiger partial charge in [0, 0.05) is 33.4 Å². The molecule has 0 saturated heterocycles. The van der Waals surface area contributed by atoms with Gasteiger partial charge in [-0.1, -0.05) is 13.8 Å². The van der Waals surface area contributed by atoms with Gasteiger partial charge in [0.25, 0.3) is 5.91 Å². The highest BCUT2D eigenvalue weighted by molar-refractivity contribution is 5.94. The maximum absolute atomic E-state index is 12.4. The average molecular weight is 265 g/mol. The van der Waals surface area contributed by atoms with Crippen LogP contribution in [0.3, 0.4) is 0 Å².